The van der Waals surface area contributed by atoms with Crippen LogP contribution in [0, 0.1) is 0 Å². The molecule has 0 saturated heterocycles. The molecule has 1 nitrogen and oxygen atoms in total. The Morgan fingerprint density at radius 3 is 2.35 bits per heavy atom. The molecular weight excluding hydrogens is 495 g/mol. The van der Waals surface area contributed by atoms with Crippen LogP contribution in [0.1, 0.15) is 16.0 Å². The summed E-state index contributed by atoms with van der Waals surface area (Å²) in [6.07, 6.45) is 0. The van der Waals surface area contributed by atoms with E-state index < -0.39 is 0 Å². The third-order valence-corrected chi connectivity index (χ3v) is 5.81. The summed E-state index contributed by atoms with van der Waals surface area (Å²) >= 11 is 22.8. The van der Waals surface area contributed by atoms with Gasteiger partial charge >= 0.3 is 0 Å². The van der Waals surface area contributed by atoms with Crippen molar-refractivity contribution in [2.75, 3.05) is 7.11 Å². The third kappa shape index (κ3) is 3.53. The van der Waals surface area contributed by atoms with E-state index in [1.165, 1.54) is 0 Å². The van der Waals surface area contributed by atoms with Crippen LogP contribution in [-0.4, -0.2) is 7.11 Å². The molecule has 0 N–H and O–H groups in total. The molecule has 0 aromatic heterocycles. The molecule has 0 heterocycles. The Hall–Kier alpha value is 0.260. The Morgan fingerprint density at radius 2 is 1.75 bits per heavy atom. The predicted octanol–water partition coefficient (Wildman–Crippen LogP) is 7.01. The summed E-state index contributed by atoms with van der Waals surface area (Å²) in [4.78, 5) is -0.0713. The van der Waals surface area contributed by atoms with Crippen LogP contribution in [-0.2, 0) is 0 Å². The second-order valence-electron chi connectivity index (χ2n) is 4.05. The lowest BCUT2D eigenvalue weighted by atomic mass is 10.0. The maximum absolute atomic E-state index is 6.15. The molecule has 0 aliphatic rings. The zero-order valence-corrected chi connectivity index (χ0v) is 16.5. The Morgan fingerprint density at radius 1 is 1.05 bits per heavy atom. The number of rotatable bonds is 3. The number of methoxy groups -OCH3 is 1. The van der Waals surface area contributed by atoms with Gasteiger partial charge in [0.25, 0.3) is 0 Å². The molecule has 0 aliphatic heterocycles. The molecule has 0 spiro atoms. The SMILES string of the molecule is COc1c(Br)cc(Cl)cc1C(Br)c1ccc(Br)c(Cl)c1. The van der Waals surface area contributed by atoms with E-state index in [1.54, 1.807) is 13.2 Å². The van der Waals surface area contributed by atoms with Gasteiger partial charge in [0.05, 0.1) is 21.4 Å². The normalized spacial score (nSPS) is 12.3. The molecule has 0 saturated carbocycles. The summed E-state index contributed by atoms with van der Waals surface area (Å²) in [6, 6.07) is 9.49. The highest BCUT2D eigenvalue weighted by Crippen LogP contribution is 2.43. The lowest BCUT2D eigenvalue weighted by Crippen LogP contribution is -1.98. The number of hydrogen-bond acceptors (Lipinski definition) is 1. The minimum absolute atomic E-state index is 0.0713. The standard InChI is InChI=1S/C14H9Br3Cl2O/c1-20-14-9(5-8(18)6-11(14)16)13(17)7-2-3-10(15)12(19)4-7/h2-6,13H,1H3. The zero-order valence-electron chi connectivity index (χ0n) is 10.3. The van der Waals surface area contributed by atoms with Gasteiger partial charge in [-0.25, -0.2) is 0 Å². The molecule has 106 valence electrons. The molecule has 6 heteroatoms. The van der Waals surface area contributed by atoms with Gasteiger partial charge in [-0.3, -0.25) is 0 Å². The maximum atomic E-state index is 6.15. The highest BCUT2D eigenvalue weighted by atomic mass is 79.9. The highest BCUT2D eigenvalue weighted by molar-refractivity contribution is 9.11. The summed E-state index contributed by atoms with van der Waals surface area (Å²) in [7, 11) is 1.63. The molecule has 0 amide bonds. The molecule has 0 aliphatic carbocycles. The molecule has 0 bridgehead atoms. The largest absolute Gasteiger partial charge is 0.495 e. The fourth-order valence-corrected chi connectivity index (χ4v) is 3.89. The van der Waals surface area contributed by atoms with Gasteiger partial charge in [-0.1, -0.05) is 45.2 Å². The molecule has 2 aromatic rings. The zero-order chi connectivity index (χ0) is 14.9. The number of benzene rings is 2. The second-order valence-corrected chi connectivity index (χ2v) is 7.51. The van der Waals surface area contributed by atoms with Crippen LogP contribution in [0.15, 0.2) is 39.3 Å². The van der Waals surface area contributed by atoms with E-state index in [2.05, 4.69) is 47.8 Å². The summed E-state index contributed by atoms with van der Waals surface area (Å²) in [5, 5.41) is 1.30. The van der Waals surface area contributed by atoms with Crippen molar-refractivity contribution in [3.8, 4) is 5.75 Å². The van der Waals surface area contributed by atoms with Crippen LogP contribution < -0.4 is 4.74 Å². The van der Waals surface area contributed by atoms with Crippen molar-refractivity contribution in [3.05, 3.63) is 60.4 Å². The summed E-state index contributed by atoms with van der Waals surface area (Å²) < 4.78 is 7.13. The van der Waals surface area contributed by atoms with E-state index in [4.69, 9.17) is 27.9 Å². The van der Waals surface area contributed by atoms with Crippen LogP contribution in [0.5, 0.6) is 5.75 Å². The van der Waals surface area contributed by atoms with E-state index >= 15 is 0 Å². The summed E-state index contributed by atoms with van der Waals surface area (Å²) in [6.45, 7) is 0. The molecule has 0 fully saturated rings. The molecule has 1 atom stereocenters. The highest BCUT2D eigenvalue weighted by Gasteiger charge is 2.19. The van der Waals surface area contributed by atoms with E-state index in [-0.39, 0.29) is 4.83 Å². The van der Waals surface area contributed by atoms with Crippen LogP contribution in [0.25, 0.3) is 0 Å². The first-order valence-corrected chi connectivity index (χ1v) is 8.81. The summed E-state index contributed by atoms with van der Waals surface area (Å²) in [5.74, 6) is 0.746. The number of halogens is 5. The van der Waals surface area contributed by atoms with Crippen LogP contribution >= 0.6 is 71.0 Å². The summed E-state index contributed by atoms with van der Waals surface area (Å²) in [5.41, 5.74) is 1.95. The maximum Gasteiger partial charge on any atom is 0.137 e. The van der Waals surface area contributed by atoms with Gasteiger partial charge < -0.3 is 4.74 Å². The Kier molecular flexibility index (Phi) is 5.83. The van der Waals surface area contributed by atoms with E-state index in [0.29, 0.717) is 10.0 Å². The van der Waals surface area contributed by atoms with Gasteiger partial charge in [-0.2, -0.15) is 0 Å². The van der Waals surface area contributed by atoms with Gasteiger partial charge in [0.15, 0.2) is 0 Å². The van der Waals surface area contributed by atoms with Crippen molar-refractivity contribution < 1.29 is 4.74 Å². The minimum Gasteiger partial charge on any atom is -0.495 e. The number of hydrogen-bond donors (Lipinski definition) is 0. The van der Waals surface area contributed by atoms with E-state index in [9.17, 15) is 0 Å². The van der Waals surface area contributed by atoms with Crippen LogP contribution in [0.2, 0.25) is 10.0 Å². The first-order valence-electron chi connectivity index (χ1n) is 5.56. The number of ether oxygens (including phenoxy) is 1. The predicted molar refractivity (Wildman–Crippen MR) is 95.6 cm³/mol. The van der Waals surface area contributed by atoms with Gasteiger partial charge in [-0.15, -0.1) is 0 Å². The average Bonchev–Trinajstić information content (AvgIpc) is 2.40. The Labute approximate surface area is 153 Å². The smallest absolute Gasteiger partial charge is 0.137 e. The molecule has 2 aromatic carbocycles. The van der Waals surface area contributed by atoms with Crippen molar-refractivity contribution in [1.82, 2.24) is 0 Å². The van der Waals surface area contributed by atoms with E-state index in [1.807, 2.05) is 24.3 Å². The lowest BCUT2D eigenvalue weighted by Gasteiger charge is -2.17. The third-order valence-electron chi connectivity index (χ3n) is 2.75. The van der Waals surface area contributed by atoms with E-state index in [0.717, 1.165) is 25.8 Å². The van der Waals surface area contributed by atoms with Gasteiger partial charge in [0.2, 0.25) is 0 Å². The average molecular weight is 504 g/mol. The van der Waals surface area contributed by atoms with Gasteiger partial charge in [0.1, 0.15) is 5.75 Å². The fraction of sp³-hybridized carbons (Fsp3) is 0.143. The van der Waals surface area contributed by atoms with Crippen LogP contribution in [0.3, 0.4) is 0 Å². The Bertz CT molecular complexity index is 647. The topological polar surface area (TPSA) is 9.23 Å². The van der Waals surface area contributed by atoms with Gasteiger partial charge in [-0.05, 0) is 61.7 Å². The molecule has 2 rings (SSSR count). The minimum atomic E-state index is -0.0713. The molecule has 20 heavy (non-hydrogen) atoms. The van der Waals surface area contributed by atoms with Crippen molar-refractivity contribution in [1.29, 1.82) is 0 Å². The molecule has 0 radical (unpaired) electrons. The van der Waals surface area contributed by atoms with Crippen LogP contribution in [0.4, 0.5) is 0 Å². The monoisotopic (exact) mass is 500 g/mol. The first-order chi connectivity index (χ1) is 9.43. The Balaban J connectivity index is 2.52. The van der Waals surface area contributed by atoms with Crippen molar-refractivity contribution >= 4 is 71.0 Å². The van der Waals surface area contributed by atoms with Crippen molar-refractivity contribution in [3.63, 3.8) is 0 Å². The molecular formula is C14H9Br3Cl2O. The fourth-order valence-electron chi connectivity index (χ4n) is 1.83. The molecule has 1 unspecified atom stereocenters. The van der Waals surface area contributed by atoms with Crippen molar-refractivity contribution in [2.24, 2.45) is 0 Å². The van der Waals surface area contributed by atoms with Crippen molar-refractivity contribution in [2.45, 2.75) is 4.83 Å². The van der Waals surface area contributed by atoms with Gasteiger partial charge in [0, 0.05) is 15.1 Å². The second kappa shape index (κ2) is 7.01. The quantitative estimate of drug-likeness (QED) is 0.409. The first kappa shape index (κ1) is 16.6. The lowest BCUT2D eigenvalue weighted by molar-refractivity contribution is 0.408. The number of alkyl halides is 1.